The van der Waals surface area contributed by atoms with Gasteiger partial charge >= 0.3 is 5.97 Å². The molecular weight excluding hydrogens is 280 g/mol. The topological polar surface area (TPSA) is 138 Å². The SMILES string of the molecule is NC(=O)[C@H](CCC(=O)O)N1C(=O)c2cccc(O)c2C1=O. The third-order valence-corrected chi connectivity index (χ3v) is 3.20. The number of carboxylic acid groups (broad SMARTS) is 1. The molecule has 1 aliphatic rings. The summed E-state index contributed by atoms with van der Waals surface area (Å²) in [6.07, 6.45) is -0.704. The molecular formula is C13H12N2O6. The van der Waals surface area contributed by atoms with Gasteiger partial charge in [0.1, 0.15) is 11.8 Å². The van der Waals surface area contributed by atoms with Gasteiger partial charge in [-0.15, -0.1) is 0 Å². The van der Waals surface area contributed by atoms with Crippen LogP contribution in [0.3, 0.4) is 0 Å². The second kappa shape index (κ2) is 5.23. The molecule has 0 bridgehead atoms. The van der Waals surface area contributed by atoms with Gasteiger partial charge in [-0.3, -0.25) is 24.1 Å². The number of imide groups is 1. The number of carboxylic acids is 1. The Bertz CT molecular complexity index is 654. The number of amides is 3. The summed E-state index contributed by atoms with van der Waals surface area (Å²) in [7, 11) is 0. The lowest BCUT2D eigenvalue weighted by Crippen LogP contribution is -2.48. The molecule has 8 heteroatoms. The first kappa shape index (κ1) is 14.5. The van der Waals surface area contributed by atoms with Crippen molar-refractivity contribution < 1.29 is 29.4 Å². The maximum absolute atomic E-state index is 12.2. The Hall–Kier alpha value is -2.90. The van der Waals surface area contributed by atoms with E-state index in [2.05, 4.69) is 0 Å². The van der Waals surface area contributed by atoms with Crippen LogP contribution in [0.4, 0.5) is 0 Å². The standard InChI is InChI=1S/C13H12N2O6/c14-11(19)7(4-5-9(17)18)15-12(20)6-2-1-3-8(16)10(6)13(15)21/h1-3,7,16H,4-5H2,(H2,14,19)(H,17,18)/t7-/m0/s1. The van der Waals surface area contributed by atoms with Crippen LogP contribution < -0.4 is 5.73 Å². The first-order valence-electron chi connectivity index (χ1n) is 6.05. The summed E-state index contributed by atoms with van der Waals surface area (Å²) >= 11 is 0. The number of nitrogens with two attached hydrogens (primary N) is 1. The molecule has 4 N–H and O–H groups in total. The normalized spacial score (nSPS) is 15.0. The highest BCUT2D eigenvalue weighted by atomic mass is 16.4. The Balaban J connectivity index is 2.38. The van der Waals surface area contributed by atoms with Gasteiger partial charge in [-0.2, -0.15) is 0 Å². The van der Waals surface area contributed by atoms with E-state index in [-0.39, 0.29) is 23.3 Å². The molecule has 0 saturated heterocycles. The van der Waals surface area contributed by atoms with E-state index in [1.54, 1.807) is 0 Å². The number of hydrogen-bond donors (Lipinski definition) is 3. The molecule has 0 radical (unpaired) electrons. The van der Waals surface area contributed by atoms with E-state index in [0.717, 1.165) is 0 Å². The minimum absolute atomic E-state index is 0.0402. The van der Waals surface area contributed by atoms with Crippen LogP contribution >= 0.6 is 0 Å². The number of phenols is 1. The summed E-state index contributed by atoms with van der Waals surface area (Å²) in [6.45, 7) is 0. The number of aliphatic carboxylic acids is 1. The lowest BCUT2D eigenvalue weighted by Gasteiger charge is -2.22. The first-order valence-corrected chi connectivity index (χ1v) is 6.05. The first-order chi connectivity index (χ1) is 9.84. The smallest absolute Gasteiger partial charge is 0.303 e. The predicted molar refractivity (Wildman–Crippen MR) is 68.5 cm³/mol. The van der Waals surface area contributed by atoms with Crippen molar-refractivity contribution in [3.63, 3.8) is 0 Å². The molecule has 0 saturated carbocycles. The minimum atomic E-state index is -1.37. The highest BCUT2D eigenvalue weighted by Crippen LogP contribution is 2.31. The molecule has 1 atom stereocenters. The van der Waals surface area contributed by atoms with E-state index in [4.69, 9.17) is 10.8 Å². The van der Waals surface area contributed by atoms with Gasteiger partial charge in [-0.25, -0.2) is 0 Å². The summed E-state index contributed by atoms with van der Waals surface area (Å²) in [5, 5.41) is 18.3. The zero-order valence-corrected chi connectivity index (χ0v) is 10.8. The summed E-state index contributed by atoms with van der Waals surface area (Å²) in [5.41, 5.74) is 4.91. The van der Waals surface area contributed by atoms with Crippen LogP contribution in [0, 0.1) is 0 Å². The van der Waals surface area contributed by atoms with Crippen LogP contribution in [0.25, 0.3) is 0 Å². The molecule has 0 aliphatic carbocycles. The number of benzene rings is 1. The van der Waals surface area contributed by atoms with Crippen LogP contribution in [-0.4, -0.2) is 44.8 Å². The summed E-state index contributed by atoms with van der Waals surface area (Å²) in [4.78, 5) is 47.0. The van der Waals surface area contributed by atoms with Crippen molar-refractivity contribution in [2.75, 3.05) is 0 Å². The number of fused-ring (bicyclic) bond motifs is 1. The second-order valence-electron chi connectivity index (χ2n) is 4.53. The average Bonchev–Trinajstić information content (AvgIpc) is 2.64. The molecule has 1 aromatic carbocycles. The minimum Gasteiger partial charge on any atom is -0.507 e. The molecule has 21 heavy (non-hydrogen) atoms. The van der Waals surface area contributed by atoms with E-state index in [9.17, 15) is 24.3 Å². The number of aromatic hydroxyl groups is 1. The second-order valence-corrected chi connectivity index (χ2v) is 4.53. The highest BCUT2D eigenvalue weighted by molar-refractivity contribution is 6.24. The zero-order chi connectivity index (χ0) is 15.7. The number of phenolic OH excluding ortho intramolecular Hbond substituents is 1. The summed E-state index contributed by atoms with van der Waals surface area (Å²) in [5.74, 6) is -4.18. The maximum atomic E-state index is 12.2. The number of rotatable bonds is 5. The molecule has 0 fully saturated rings. The van der Waals surface area contributed by atoms with Crippen LogP contribution in [0.2, 0.25) is 0 Å². The highest BCUT2D eigenvalue weighted by Gasteiger charge is 2.43. The van der Waals surface area contributed by atoms with Crippen molar-refractivity contribution >= 4 is 23.7 Å². The molecule has 2 rings (SSSR count). The largest absolute Gasteiger partial charge is 0.507 e. The molecule has 0 unspecified atom stereocenters. The van der Waals surface area contributed by atoms with Crippen molar-refractivity contribution in [1.82, 2.24) is 4.90 Å². The third kappa shape index (κ3) is 2.42. The number of primary amides is 1. The Morgan fingerprint density at radius 3 is 2.43 bits per heavy atom. The van der Waals surface area contributed by atoms with E-state index < -0.39 is 36.2 Å². The van der Waals surface area contributed by atoms with Gasteiger partial charge in [0.05, 0.1) is 11.1 Å². The van der Waals surface area contributed by atoms with Crippen molar-refractivity contribution in [3.05, 3.63) is 29.3 Å². The Morgan fingerprint density at radius 1 is 1.24 bits per heavy atom. The van der Waals surface area contributed by atoms with Gasteiger partial charge in [0.15, 0.2) is 0 Å². The zero-order valence-electron chi connectivity index (χ0n) is 10.8. The number of hydrogen-bond acceptors (Lipinski definition) is 5. The van der Waals surface area contributed by atoms with Crippen LogP contribution in [-0.2, 0) is 9.59 Å². The Morgan fingerprint density at radius 2 is 1.90 bits per heavy atom. The van der Waals surface area contributed by atoms with Crippen LogP contribution in [0.1, 0.15) is 33.6 Å². The molecule has 3 amide bonds. The average molecular weight is 292 g/mol. The fourth-order valence-electron chi connectivity index (χ4n) is 2.23. The van der Waals surface area contributed by atoms with E-state index in [1.807, 2.05) is 0 Å². The van der Waals surface area contributed by atoms with Gasteiger partial charge < -0.3 is 15.9 Å². The Kier molecular flexibility index (Phi) is 3.62. The monoisotopic (exact) mass is 292 g/mol. The third-order valence-electron chi connectivity index (χ3n) is 3.20. The molecule has 0 aromatic heterocycles. The van der Waals surface area contributed by atoms with E-state index in [0.29, 0.717) is 4.90 Å². The maximum Gasteiger partial charge on any atom is 0.303 e. The quantitative estimate of drug-likeness (QED) is 0.637. The predicted octanol–water partition coefficient (Wildman–Crippen LogP) is -0.293. The molecule has 1 aliphatic heterocycles. The molecule has 1 aromatic rings. The lowest BCUT2D eigenvalue weighted by molar-refractivity contribution is -0.137. The van der Waals surface area contributed by atoms with Gasteiger partial charge in [0.2, 0.25) is 5.91 Å². The van der Waals surface area contributed by atoms with Gasteiger partial charge in [-0.05, 0) is 18.6 Å². The number of carbonyl (C=O) groups excluding carboxylic acids is 3. The van der Waals surface area contributed by atoms with Crippen LogP contribution in [0.5, 0.6) is 5.75 Å². The van der Waals surface area contributed by atoms with Crippen molar-refractivity contribution in [3.8, 4) is 5.75 Å². The van der Waals surface area contributed by atoms with Gasteiger partial charge in [0.25, 0.3) is 11.8 Å². The van der Waals surface area contributed by atoms with E-state index in [1.165, 1.54) is 18.2 Å². The molecule has 8 nitrogen and oxygen atoms in total. The lowest BCUT2D eigenvalue weighted by atomic mass is 10.1. The van der Waals surface area contributed by atoms with Crippen molar-refractivity contribution in [2.45, 2.75) is 18.9 Å². The van der Waals surface area contributed by atoms with Gasteiger partial charge in [-0.1, -0.05) is 6.07 Å². The van der Waals surface area contributed by atoms with Crippen molar-refractivity contribution in [1.29, 1.82) is 0 Å². The van der Waals surface area contributed by atoms with Crippen molar-refractivity contribution in [2.24, 2.45) is 5.73 Å². The molecule has 0 spiro atoms. The van der Waals surface area contributed by atoms with Crippen LogP contribution in [0.15, 0.2) is 18.2 Å². The summed E-state index contributed by atoms with van der Waals surface area (Å²) in [6, 6.07) is 2.60. The fourth-order valence-corrected chi connectivity index (χ4v) is 2.23. The Labute approximate surface area is 118 Å². The fraction of sp³-hybridized carbons (Fsp3) is 0.231. The molecule has 110 valence electrons. The number of carbonyl (C=O) groups is 4. The number of nitrogens with zero attached hydrogens (tertiary/aromatic N) is 1. The van der Waals surface area contributed by atoms with E-state index >= 15 is 0 Å². The van der Waals surface area contributed by atoms with Gasteiger partial charge in [0, 0.05) is 6.42 Å². The molecule has 1 heterocycles. The summed E-state index contributed by atoms with van der Waals surface area (Å²) < 4.78 is 0.